The minimum absolute atomic E-state index is 0.0165. The van der Waals surface area contributed by atoms with Crippen LogP contribution in [-0.4, -0.2) is 63.7 Å². The lowest BCUT2D eigenvalue weighted by molar-refractivity contribution is -0.147. The van der Waals surface area contributed by atoms with E-state index in [-0.39, 0.29) is 35.7 Å². The third-order valence-electron chi connectivity index (χ3n) is 8.88. The molecule has 0 aromatic heterocycles. The Balaban J connectivity index is 1.67. The molecule has 0 aliphatic carbocycles. The third kappa shape index (κ3) is 5.60. The van der Waals surface area contributed by atoms with E-state index in [0.29, 0.717) is 19.4 Å². The number of aliphatic hydroxyl groups excluding tert-OH is 1. The first kappa shape index (κ1) is 29.5. The van der Waals surface area contributed by atoms with E-state index in [1.807, 2.05) is 58.0 Å². The maximum absolute atomic E-state index is 14.3. The van der Waals surface area contributed by atoms with Gasteiger partial charge in [-0.05, 0) is 50.0 Å². The normalized spacial score (nSPS) is 29.7. The van der Waals surface area contributed by atoms with E-state index >= 15 is 0 Å². The summed E-state index contributed by atoms with van der Waals surface area (Å²) in [6.45, 7) is 14.5. The van der Waals surface area contributed by atoms with Crippen LogP contribution in [0.2, 0.25) is 0 Å². The molecule has 3 fully saturated rings. The molecule has 7 atom stereocenters. The fourth-order valence-corrected chi connectivity index (χ4v) is 7.54. The molecule has 8 nitrogen and oxygen atoms in total. The molecule has 1 spiro atoms. The molecule has 3 amide bonds. The molecule has 1 aromatic carbocycles. The number of hydrogen-bond acceptors (Lipinski definition) is 5. The summed E-state index contributed by atoms with van der Waals surface area (Å²) in [6, 6.07) is 8.20. The molecule has 3 aliphatic heterocycles. The SMILES string of the molecule is CC[C@H](C)[C@H](CO)N1C(=O)[C@@H]2[C@H](C(=O)NCc3ccccc3)[C@@H]3CCC2(O3)C1C(=O)NC(C)(C)CC(C)(C)C. The summed E-state index contributed by atoms with van der Waals surface area (Å²) in [5, 5.41) is 16.7. The zero-order chi connectivity index (χ0) is 28.8. The Morgan fingerprint density at radius 1 is 1.15 bits per heavy atom. The van der Waals surface area contributed by atoms with Crippen molar-refractivity contribution < 1.29 is 24.2 Å². The predicted molar refractivity (Wildman–Crippen MR) is 149 cm³/mol. The highest BCUT2D eigenvalue weighted by molar-refractivity contribution is 5.99. The number of nitrogens with one attached hydrogen (secondary N) is 2. The molecule has 0 saturated carbocycles. The van der Waals surface area contributed by atoms with Gasteiger partial charge in [0.15, 0.2) is 0 Å². The van der Waals surface area contributed by atoms with E-state index in [1.54, 1.807) is 4.90 Å². The second-order valence-corrected chi connectivity index (χ2v) is 13.8. The zero-order valence-electron chi connectivity index (χ0n) is 24.6. The standard InChI is InChI=1S/C31H47N3O5/c1-8-19(2)21(17-35)34-25(27(37)33-30(6,7)18-29(3,4)5)31-15-14-22(39-31)23(24(31)28(34)38)26(36)32-16-20-12-10-9-11-13-20/h9-13,19,21-25,35H,8,14-18H2,1-7H3,(H,32,36)(H,33,37)/t19-,21-,22-,23+,24-,25?,31?/m0/s1. The smallest absolute Gasteiger partial charge is 0.246 e. The quantitative estimate of drug-likeness (QED) is 0.421. The van der Waals surface area contributed by atoms with Crippen LogP contribution >= 0.6 is 0 Å². The fraction of sp³-hybridized carbons (Fsp3) is 0.710. The highest BCUT2D eigenvalue weighted by atomic mass is 16.5. The van der Waals surface area contributed by atoms with Crippen LogP contribution in [0.25, 0.3) is 0 Å². The van der Waals surface area contributed by atoms with Crippen molar-refractivity contribution >= 4 is 17.7 Å². The number of nitrogens with zero attached hydrogens (tertiary/aromatic N) is 1. The van der Waals surface area contributed by atoms with Crippen LogP contribution < -0.4 is 10.6 Å². The van der Waals surface area contributed by atoms with Gasteiger partial charge in [-0.2, -0.15) is 0 Å². The first-order valence-electron chi connectivity index (χ1n) is 14.5. The molecule has 3 N–H and O–H groups in total. The minimum Gasteiger partial charge on any atom is -0.394 e. The number of fused-ring (bicyclic) bond motifs is 1. The number of likely N-dealkylation sites (tertiary alicyclic amines) is 1. The topological polar surface area (TPSA) is 108 Å². The summed E-state index contributed by atoms with van der Waals surface area (Å²) >= 11 is 0. The Bertz CT molecular complexity index is 1070. The van der Waals surface area contributed by atoms with Crippen molar-refractivity contribution in [3.8, 4) is 0 Å². The van der Waals surface area contributed by atoms with E-state index in [1.165, 1.54) is 0 Å². The van der Waals surface area contributed by atoms with Crippen molar-refractivity contribution in [2.45, 2.75) is 110 Å². The number of carbonyl (C=O) groups is 3. The fourth-order valence-electron chi connectivity index (χ4n) is 7.54. The Hall–Kier alpha value is -2.45. The number of carbonyl (C=O) groups excluding carboxylic acids is 3. The van der Waals surface area contributed by atoms with Crippen molar-refractivity contribution in [1.29, 1.82) is 0 Å². The number of hydrogen-bond donors (Lipinski definition) is 3. The van der Waals surface area contributed by atoms with Gasteiger partial charge in [0.1, 0.15) is 11.6 Å². The van der Waals surface area contributed by atoms with Gasteiger partial charge in [0.25, 0.3) is 0 Å². The molecule has 8 heteroatoms. The molecule has 3 heterocycles. The van der Waals surface area contributed by atoms with Crippen molar-refractivity contribution in [1.82, 2.24) is 15.5 Å². The van der Waals surface area contributed by atoms with Crippen LogP contribution in [0.5, 0.6) is 0 Å². The van der Waals surface area contributed by atoms with Gasteiger partial charge >= 0.3 is 0 Å². The van der Waals surface area contributed by atoms with Crippen LogP contribution in [0.1, 0.15) is 79.7 Å². The summed E-state index contributed by atoms with van der Waals surface area (Å²) in [5.74, 6) is -2.21. The zero-order valence-corrected chi connectivity index (χ0v) is 24.6. The molecule has 39 heavy (non-hydrogen) atoms. The molecule has 2 bridgehead atoms. The number of rotatable bonds is 10. The maximum atomic E-state index is 14.3. The maximum Gasteiger partial charge on any atom is 0.246 e. The molecule has 4 rings (SSSR count). The van der Waals surface area contributed by atoms with E-state index in [9.17, 15) is 19.5 Å². The lowest BCUT2D eigenvalue weighted by Gasteiger charge is -2.41. The first-order chi connectivity index (χ1) is 18.2. The van der Waals surface area contributed by atoms with Crippen LogP contribution in [0, 0.1) is 23.2 Å². The predicted octanol–water partition coefficient (Wildman–Crippen LogP) is 3.42. The Labute approximate surface area is 233 Å². The Kier molecular flexibility index (Phi) is 8.21. The van der Waals surface area contributed by atoms with Crippen molar-refractivity contribution in [2.75, 3.05) is 6.61 Å². The highest BCUT2D eigenvalue weighted by Crippen LogP contribution is 2.59. The lowest BCUT2D eigenvalue weighted by Crippen LogP contribution is -2.62. The molecular formula is C31H47N3O5. The van der Waals surface area contributed by atoms with E-state index < -0.39 is 41.2 Å². The van der Waals surface area contributed by atoms with Gasteiger partial charge in [0.2, 0.25) is 17.7 Å². The first-order valence-corrected chi connectivity index (χ1v) is 14.5. The molecular weight excluding hydrogens is 494 g/mol. The summed E-state index contributed by atoms with van der Waals surface area (Å²) in [5.41, 5.74) is -0.650. The van der Waals surface area contributed by atoms with Crippen molar-refractivity contribution in [2.24, 2.45) is 23.2 Å². The van der Waals surface area contributed by atoms with Gasteiger partial charge in [-0.25, -0.2) is 0 Å². The van der Waals surface area contributed by atoms with Gasteiger partial charge < -0.3 is 25.4 Å². The second kappa shape index (κ2) is 10.8. The average Bonchev–Trinajstić information content (AvgIpc) is 3.49. The average molecular weight is 542 g/mol. The van der Waals surface area contributed by atoms with Crippen molar-refractivity contribution in [3.05, 3.63) is 35.9 Å². The van der Waals surface area contributed by atoms with Crippen LogP contribution in [-0.2, 0) is 25.7 Å². The summed E-state index contributed by atoms with van der Waals surface area (Å²) in [4.78, 5) is 43.6. The lowest BCUT2D eigenvalue weighted by atomic mass is 9.70. The van der Waals surface area contributed by atoms with Gasteiger partial charge in [0, 0.05) is 12.1 Å². The monoisotopic (exact) mass is 541 g/mol. The summed E-state index contributed by atoms with van der Waals surface area (Å²) in [7, 11) is 0. The molecule has 1 aromatic rings. The number of amides is 3. The van der Waals surface area contributed by atoms with Gasteiger partial charge in [-0.15, -0.1) is 0 Å². The van der Waals surface area contributed by atoms with E-state index in [0.717, 1.165) is 18.4 Å². The number of aliphatic hydroxyl groups is 1. The molecule has 3 saturated heterocycles. The Morgan fingerprint density at radius 3 is 2.41 bits per heavy atom. The van der Waals surface area contributed by atoms with Gasteiger partial charge in [-0.1, -0.05) is 71.4 Å². The van der Waals surface area contributed by atoms with Crippen LogP contribution in [0.4, 0.5) is 0 Å². The van der Waals surface area contributed by atoms with Crippen LogP contribution in [0.15, 0.2) is 30.3 Å². The van der Waals surface area contributed by atoms with E-state index in [2.05, 4.69) is 31.4 Å². The molecule has 216 valence electrons. The minimum atomic E-state index is -1.08. The number of benzene rings is 1. The highest BCUT2D eigenvalue weighted by Gasteiger charge is 2.75. The van der Waals surface area contributed by atoms with Crippen molar-refractivity contribution in [3.63, 3.8) is 0 Å². The molecule has 3 aliphatic rings. The number of ether oxygens (including phenoxy) is 1. The summed E-state index contributed by atoms with van der Waals surface area (Å²) in [6.07, 6.45) is 2.21. The van der Waals surface area contributed by atoms with E-state index in [4.69, 9.17) is 4.74 Å². The summed E-state index contributed by atoms with van der Waals surface area (Å²) < 4.78 is 6.56. The molecule has 2 unspecified atom stereocenters. The van der Waals surface area contributed by atoms with Gasteiger partial charge in [-0.3, -0.25) is 14.4 Å². The largest absolute Gasteiger partial charge is 0.394 e. The second-order valence-electron chi connectivity index (χ2n) is 13.8. The van der Waals surface area contributed by atoms with Crippen LogP contribution in [0.3, 0.4) is 0 Å². The van der Waals surface area contributed by atoms with Gasteiger partial charge in [0.05, 0.1) is 30.6 Å². The molecule has 0 radical (unpaired) electrons. The third-order valence-corrected chi connectivity index (χ3v) is 8.88. The Morgan fingerprint density at radius 2 is 1.82 bits per heavy atom.